The number of anilines is 2. The highest BCUT2D eigenvalue weighted by Gasteiger charge is 2.19. The number of piperidine rings is 1. The van der Waals surface area contributed by atoms with Crippen molar-refractivity contribution in [2.45, 2.75) is 19.8 Å². The molecule has 0 saturated carbocycles. The minimum atomic E-state index is -1.02. The summed E-state index contributed by atoms with van der Waals surface area (Å²) in [6.07, 6.45) is 3.78. The average Bonchev–Trinajstić information content (AvgIpc) is 2.46. The molecule has 0 atom stereocenters. The SMILES string of the molecule is CCN1CCC(CNc2nccc(C(=O)O)c2N)CC1. The third-order valence-electron chi connectivity index (χ3n) is 3.93. The number of aromatic carboxylic acids is 1. The minimum absolute atomic E-state index is 0.100. The molecule has 1 saturated heterocycles. The van der Waals surface area contributed by atoms with Gasteiger partial charge in [0.1, 0.15) is 5.82 Å². The summed E-state index contributed by atoms with van der Waals surface area (Å²) in [5.74, 6) is 0.0412. The second kappa shape index (κ2) is 6.56. The number of nitrogens with two attached hydrogens (primary N) is 1. The third kappa shape index (κ3) is 3.39. The van der Waals surface area contributed by atoms with Crippen LogP contribution in [-0.2, 0) is 0 Å². The van der Waals surface area contributed by atoms with Crippen molar-refractivity contribution >= 4 is 17.5 Å². The molecule has 0 amide bonds. The van der Waals surface area contributed by atoms with Crippen LogP contribution in [0.3, 0.4) is 0 Å². The van der Waals surface area contributed by atoms with Gasteiger partial charge in [0.25, 0.3) is 0 Å². The van der Waals surface area contributed by atoms with E-state index in [1.165, 1.54) is 12.3 Å². The molecule has 0 unspecified atom stereocenters. The Morgan fingerprint density at radius 2 is 2.25 bits per heavy atom. The number of rotatable bonds is 5. The van der Waals surface area contributed by atoms with E-state index >= 15 is 0 Å². The van der Waals surface area contributed by atoms with Crippen LogP contribution in [0.1, 0.15) is 30.1 Å². The molecule has 110 valence electrons. The Hall–Kier alpha value is -1.82. The molecule has 0 spiro atoms. The van der Waals surface area contributed by atoms with E-state index in [4.69, 9.17) is 10.8 Å². The predicted molar refractivity (Wildman–Crippen MR) is 78.9 cm³/mol. The Balaban J connectivity index is 1.92. The molecule has 0 aromatic carbocycles. The lowest BCUT2D eigenvalue weighted by atomic mass is 9.97. The van der Waals surface area contributed by atoms with Crippen LogP contribution < -0.4 is 11.1 Å². The summed E-state index contributed by atoms with van der Waals surface area (Å²) >= 11 is 0. The van der Waals surface area contributed by atoms with E-state index in [2.05, 4.69) is 22.1 Å². The Bertz CT molecular complexity index is 470. The first kappa shape index (κ1) is 14.6. The summed E-state index contributed by atoms with van der Waals surface area (Å²) in [6, 6.07) is 1.42. The zero-order valence-electron chi connectivity index (χ0n) is 11.8. The molecule has 20 heavy (non-hydrogen) atoms. The third-order valence-corrected chi connectivity index (χ3v) is 3.93. The van der Waals surface area contributed by atoms with Crippen molar-refractivity contribution in [2.24, 2.45) is 5.92 Å². The van der Waals surface area contributed by atoms with Crippen molar-refractivity contribution in [2.75, 3.05) is 37.2 Å². The average molecular weight is 278 g/mol. The van der Waals surface area contributed by atoms with E-state index in [9.17, 15) is 4.79 Å². The lowest BCUT2D eigenvalue weighted by molar-refractivity contribution is 0.0698. The Morgan fingerprint density at radius 3 is 2.85 bits per heavy atom. The summed E-state index contributed by atoms with van der Waals surface area (Å²) < 4.78 is 0. The van der Waals surface area contributed by atoms with Gasteiger partial charge >= 0.3 is 5.97 Å². The highest BCUT2D eigenvalue weighted by Crippen LogP contribution is 2.22. The molecule has 1 fully saturated rings. The number of nitrogens with zero attached hydrogens (tertiary/aromatic N) is 2. The van der Waals surface area contributed by atoms with Crippen LogP contribution in [0.5, 0.6) is 0 Å². The molecule has 6 heteroatoms. The van der Waals surface area contributed by atoms with Crippen molar-refractivity contribution in [1.29, 1.82) is 0 Å². The fourth-order valence-electron chi connectivity index (χ4n) is 2.55. The van der Waals surface area contributed by atoms with Gasteiger partial charge in [-0.15, -0.1) is 0 Å². The molecule has 1 aromatic rings. The highest BCUT2D eigenvalue weighted by molar-refractivity contribution is 5.96. The van der Waals surface area contributed by atoms with Gasteiger partial charge in [-0.3, -0.25) is 0 Å². The Morgan fingerprint density at radius 1 is 1.55 bits per heavy atom. The van der Waals surface area contributed by atoms with Crippen LogP contribution in [0.15, 0.2) is 12.3 Å². The summed E-state index contributed by atoms with van der Waals surface area (Å²) in [5, 5.41) is 12.2. The minimum Gasteiger partial charge on any atom is -0.478 e. The smallest absolute Gasteiger partial charge is 0.337 e. The zero-order chi connectivity index (χ0) is 14.5. The fourth-order valence-corrected chi connectivity index (χ4v) is 2.55. The number of carboxylic acids is 1. The summed E-state index contributed by atoms with van der Waals surface area (Å²) in [4.78, 5) is 17.6. The van der Waals surface area contributed by atoms with E-state index in [1.54, 1.807) is 0 Å². The van der Waals surface area contributed by atoms with Crippen molar-refractivity contribution in [3.63, 3.8) is 0 Å². The van der Waals surface area contributed by atoms with Crippen molar-refractivity contribution in [1.82, 2.24) is 9.88 Å². The Kier molecular flexibility index (Phi) is 4.79. The van der Waals surface area contributed by atoms with Crippen molar-refractivity contribution in [3.8, 4) is 0 Å². The van der Waals surface area contributed by atoms with Gasteiger partial charge in [0.2, 0.25) is 0 Å². The standard InChI is InChI=1S/C14H22N4O2/c1-2-18-7-4-10(5-8-18)9-17-13-12(15)11(14(19)20)3-6-16-13/h3,6,10H,2,4-5,7-9,15H2,1H3,(H,16,17)(H,19,20). The molecule has 1 aliphatic heterocycles. The number of nitrogen functional groups attached to an aromatic ring is 1. The van der Waals surface area contributed by atoms with Crippen LogP contribution in [0, 0.1) is 5.92 Å². The normalized spacial score (nSPS) is 17.1. The first-order chi connectivity index (χ1) is 9.61. The number of hydrogen-bond acceptors (Lipinski definition) is 5. The van der Waals surface area contributed by atoms with Crippen molar-refractivity contribution < 1.29 is 9.90 Å². The zero-order valence-corrected chi connectivity index (χ0v) is 11.8. The number of carboxylic acid groups (broad SMARTS) is 1. The van der Waals surface area contributed by atoms with Crippen LogP contribution in [-0.4, -0.2) is 47.1 Å². The van der Waals surface area contributed by atoms with Gasteiger partial charge < -0.3 is 21.1 Å². The number of nitrogens with one attached hydrogen (secondary N) is 1. The van der Waals surface area contributed by atoms with Crippen LogP contribution in [0.2, 0.25) is 0 Å². The molecule has 0 aliphatic carbocycles. The van der Waals surface area contributed by atoms with Crippen LogP contribution in [0.4, 0.5) is 11.5 Å². The van der Waals surface area contributed by atoms with E-state index in [1.807, 2.05) is 0 Å². The van der Waals surface area contributed by atoms with Gasteiger partial charge in [-0.1, -0.05) is 6.92 Å². The molecule has 0 radical (unpaired) electrons. The molecule has 1 aromatic heterocycles. The second-order valence-electron chi connectivity index (χ2n) is 5.18. The maximum absolute atomic E-state index is 11.0. The van der Waals surface area contributed by atoms with Gasteiger partial charge in [0.15, 0.2) is 0 Å². The maximum Gasteiger partial charge on any atom is 0.337 e. The second-order valence-corrected chi connectivity index (χ2v) is 5.18. The van der Waals surface area contributed by atoms with Crippen molar-refractivity contribution in [3.05, 3.63) is 17.8 Å². The van der Waals surface area contributed by atoms with E-state index < -0.39 is 5.97 Å². The predicted octanol–water partition coefficient (Wildman–Crippen LogP) is 1.51. The molecule has 6 nitrogen and oxygen atoms in total. The van der Waals surface area contributed by atoms with Crippen LogP contribution >= 0.6 is 0 Å². The summed E-state index contributed by atoms with van der Waals surface area (Å²) in [7, 11) is 0. The van der Waals surface area contributed by atoms with Gasteiger partial charge in [-0.2, -0.15) is 0 Å². The number of pyridine rings is 1. The lowest BCUT2D eigenvalue weighted by Crippen LogP contribution is -2.35. The van der Waals surface area contributed by atoms with Gasteiger partial charge in [0, 0.05) is 12.7 Å². The highest BCUT2D eigenvalue weighted by atomic mass is 16.4. The van der Waals surface area contributed by atoms with E-state index in [0.717, 1.165) is 39.0 Å². The molecular formula is C14H22N4O2. The number of hydrogen-bond donors (Lipinski definition) is 3. The number of aromatic nitrogens is 1. The summed E-state index contributed by atoms with van der Waals surface area (Å²) in [6.45, 7) is 6.33. The topological polar surface area (TPSA) is 91.5 Å². The first-order valence-corrected chi connectivity index (χ1v) is 7.05. The molecule has 0 bridgehead atoms. The lowest BCUT2D eigenvalue weighted by Gasteiger charge is -2.31. The van der Waals surface area contributed by atoms with E-state index in [-0.39, 0.29) is 11.3 Å². The quantitative estimate of drug-likeness (QED) is 0.756. The molecule has 4 N–H and O–H groups in total. The molecule has 1 aliphatic rings. The summed E-state index contributed by atoms with van der Waals surface area (Å²) in [5.41, 5.74) is 6.14. The van der Waals surface area contributed by atoms with Gasteiger partial charge in [-0.05, 0) is 44.5 Å². The first-order valence-electron chi connectivity index (χ1n) is 7.05. The largest absolute Gasteiger partial charge is 0.478 e. The van der Waals surface area contributed by atoms with Gasteiger partial charge in [-0.25, -0.2) is 9.78 Å². The molecule has 2 heterocycles. The number of carbonyl (C=O) groups is 1. The Labute approximate surface area is 119 Å². The molecular weight excluding hydrogens is 256 g/mol. The number of likely N-dealkylation sites (tertiary alicyclic amines) is 1. The molecule has 2 rings (SSSR count). The van der Waals surface area contributed by atoms with Gasteiger partial charge in [0.05, 0.1) is 11.3 Å². The monoisotopic (exact) mass is 278 g/mol. The fraction of sp³-hybridized carbons (Fsp3) is 0.571. The maximum atomic E-state index is 11.0. The van der Waals surface area contributed by atoms with Crippen LogP contribution in [0.25, 0.3) is 0 Å². The van der Waals surface area contributed by atoms with E-state index in [0.29, 0.717) is 11.7 Å².